The van der Waals surface area contributed by atoms with E-state index in [1.807, 2.05) is 22.7 Å². The van der Waals surface area contributed by atoms with Crippen LogP contribution in [0, 0.1) is 0 Å². The zero-order valence-electron chi connectivity index (χ0n) is 32.2. The monoisotopic (exact) mass is 775 g/mol. The fourth-order valence-corrected chi connectivity index (χ4v) is 11.8. The highest BCUT2D eigenvalue weighted by atomic mass is 32.1. The summed E-state index contributed by atoms with van der Waals surface area (Å²) in [6, 6.07) is 70.3. The summed E-state index contributed by atoms with van der Waals surface area (Å²) in [6.07, 6.45) is 0. The predicted molar refractivity (Wildman–Crippen MR) is 253 cm³/mol. The van der Waals surface area contributed by atoms with Gasteiger partial charge < -0.3 is 4.90 Å². The fourth-order valence-electron chi connectivity index (χ4n) is 9.60. The van der Waals surface area contributed by atoms with Crippen LogP contribution in [0.1, 0.15) is 25.0 Å². The molecule has 0 spiro atoms. The van der Waals surface area contributed by atoms with Crippen LogP contribution in [0.5, 0.6) is 0 Å². The Bertz CT molecular complexity index is 3440. The van der Waals surface area contributed by atoms with Crippen LogP contribution in [-0.4, -0.2) is 0 Å². The average molecular weight is 776 g/mol. The number of anilines is 3. The number of hydrogen-bond acceptors (Lipinski definition) is 3. The number of nitrogens with zero attached hydrogens (tertiary/aromatic N) is 1. The van der Waals surface area contributed by atoms with Crippen LogP contribution < -0.4 is 4.90 Å². The molecular formula is C55H37NS2. The van der Waals surface area contributed by atoms with E-state index in [1.54, 1.807) is 0 Å². The van der Waals surface area contributed by atoms with E-state index in [0.717, 1.165) is 17.1 Å². The fraction of sp³-hybridized carbons (Fsp3) is 0.0545. The summed E-state index contributed by atoms with van der Waals surface area (Å²) in [5.74, 6) is 0. The molecule has 1 aliphatic rings. The van der Waals surface area contributed by atoms with Crippen LogP contribution >= 0.6 is 22.7 Å². The van der Waals surface area contributed by atoms with E-state index in [-0.39, 0.29) is 5.41 Å². The minimum atomic E-state index is -0.0477. The Morgan fingerprint density at radius 3 is 1.72 bits per heavy atom. The third-order valence-corrected chi connectivity index (χ3v) is 14.8. The highest BCUT2D eigenvalue weighted by molar-refractivity contribution is 7.26. The van der Waals surface area contributed by atoms with Gasteiger partial charge >= 0.3 is 0 Å². The lowest BCUT2D eigenvalue weighted by molar-refractivity contribution is 0.660. The molecule has 0 saturated carbocycles. The first-order chi connectivity index (χ1) is 28.5. The van der Waals surface area contributed by atoms with Gasteiger partial charge in [0, 0.05) is 62.7 Å². The third kappa shape index (κ3) is 5.07. The lowest BCUT2D eigenvalue weighted by atomic mass is 9.81. The Balaban J connectivity index is 1.06. The first-order valence-corrected chi connectivity index (χ1v) is 21.6. The van der Waals surface area contributed by atoms with E-state index in [2.05, 4.69) is 207 Å². The summed E-state index contributed by atoms with van der Waals surface area (Å²) in [5, 5.41) is 7.67. The van der Waals surface area contributed by atoms with Gasteiger partial charge in [-0.1, -0.05) is 135 Å². The van der Waals surface area contributed by atoms with Crippen molar-refractivity contribution in [2.24, 2.45) is 0 Å². The van der Waals surface area contributed by atoms with Gasteiger partial charge in [0.15, 0.2) is 0 Å². The summed E-state index contributed by atoms with van der Waals surface area (Å²) in [6.45, 7) is 4.71. The molecule has 0 N–H and O–H groups in total. The normalized spacial score (nSPS) is 13.1. The first-order valence-electron chi connectivity index (χ1n) is 20.0. The van der Waals surface area contributed by atoms with Crippen LogP contribution in [0.4, 0.5) is 17.1 Å². The van der Waals surface area contributed by atoms with Crippen molar-refractivity contribution in [2.75, 3.05) is 4.90 Å². The molecule has 2 heterocycles. The topological polar surface area (TPSA) is 3.24 Å². The van der Waals surface area contributed by atoms with Crippen molar-refractivity contribution in [1.29, 1.82) is 0 Å². The molecule has 2 aromatic heterocycles. The molecule has 1 aliphatic carbocycles. The third-order valence-electron chi connectivity index (χ3n) is 12.5. The van der Waals surface area contributed by atoms with E-state index < -0.39 is 0 Å². The molecule has 1 nitrogen and oxygen atoms in total. The maximum absolute atomic E-state index is 2.48. The minimum absolute atomic E-state index is 0.0477. The number of benzene rings is 9. The highest BCUT2D eigenvalue weighted by Crippen LogP contribution is 2.51. The molecule has 9 aromatic carbocycles. The summed E-state index contributed by atoms with van der Waals surface area (Å²) >= 11 is 3.73. The van der Waals surface area contributed by atoms with E-state index in [9.17, 15) is 0 Å². The molecule has 0 unspecified atom stereocenters. The van der Waals surface area contributed by atoms with Crippen molar-refractivity contribution in [3.05, 3.63) is 199 Å². The number of hydrogen-bond donors (Lipinski definition) is 0. The van der Waals surface area contributed by atoms with Gasteiger partial charge in [-0.3, -0.25) is 0 Å². The highest BCUT2D eigenvalue weighted by Gasteiger charge is 2.35. The van der Waals surface area contributed by atoms with Crippen LogP contribution in [0.25, 0.3) is 84.5 Å². The van der Waals surface area contributed by atoms with Crippen molar-refractivity contribution < 1.29 is 0 Å². The molecule has 0 saturated heterocycles. The van der Waals surface area contributed by atoms with Gasteiger partial charge in [0.25, 0.3) is 0 Å². The maximum atomic E-state index is 2.48. The summed E-state index contributed by atoms with van der Waals surface area (Å²) in [7, 11) is 0. The number of thiophene rings is 2. The first kappa shape index (κ1) is 33.6. The second-order valence-electron chi connectivity index (χ2n) is 16.1. The van der Waals surface area contributed by atoms with E-state index in [0.29, 0.717) is 0 Å². The second kappa shape index (κ2) is 12.7. The van der Waals surface area contributed by atoms with Crippen molar-refractivity contribution in [3.63, 3.8) is 0 Å². The summed E-state index contributed by atoms with van der Waals surface area (Å²) < 4.78 is 5.25. The van der Waals surface area contributed by atoms with Crippen molar-refractivity contribution in [1.82, 2.24) is 0 Å². The van der Waals surface area contributed by atoms with Crippen LogP contribution in [0.3, 0.4) is 0 Å². The van der Waals surface area contributed by atoms with Gasteiger partial charge in [-0.25, -0.2) is 0 Å². The van der Waals surface area contributed by atoms with Gasteiger partial charge in [0.1, 0.15) is 0 Å². The predicted octanol–water partition coefficient (Wildman–Crippen LogP) is 16.7. The molecule has 0 amide bonds. The zero-order chi connectivity index (χ0) is 38.5. The molecule has 274 valence electrons. The number of fused-ring (bicyclic) bond motifs is 10. The largest absolute Gasteiger partial charge is 0.310 e. The quantitative estimate of drug-likeness (QED) is 0.168. The van der Waals surface area contributed by atoms with Gasteiger partial charge in [0.2, 0.25) is 0 Å². The Kier molecular flexibility index (Phi) is 7.38. The second-order valence-corrected chi connectivity index (χ2v) is 18.2. The molecule has 0 aliphatic heterocycles. The average Bonchev–Trinajstić information content (AvgIpc) is 3.91. The van der Waals surface area contributed by atoms with Crippen molar-refractivity contribution in [3.8, 4) is 33.4 Å². The molecule has 0 fully saturated rings. The summed E-state index contributed by atoms with van der Waals surface area (Å²) in [4.78, 5) is 2.48. The molecular weight excluding hydrogens is 739 g/mol. The molecule has 11 aromatic rings. The van der Waals surface area contributed by atoms with Gasteiger partial charge in [-0.05, 0) is 116 Å². The van der Waals surface area contributed by atoms with Crippen LogP contribution in [0.15, 0.2) is 188 Å². The van der Waals surface area contributed by atoms with Crippen LogP contribution in [0.2, 0.25) is 0 Å². The Hall–Kier alpha value is -6.52. The molecule has 0 atom stereocenters. The zero-order valence-corrected chi connectivity index (χ0v) is 33.8. The van der Waals surface area contributed by atoms with Crippen molar-refractivity contribution in [2.45, 2.75) is 19.3 Å². The SMILES string of the molecule is CC1(C)c2ccccc2-c2ccc(-c3ccc(N(c4ccc5sc6ccccc6c5c4)c4ccc5ccccc5c4-c4ccc5sc6ccccc6c5c4)cc3)cc21. The molecule has 12 rings (SSSR count). The van der Waals surface area contributed by atoms with Gasteiger partial charge in [-0.2, -0.15) is 0 Å². The molecule has 3 heteroatoms. The lowest BCUT2D eigenvalue weighted by Crippen LogP contribution is -2.14. The Morgan fingerprint density at radius 1 is 0.379 bits per heavy atom. The van der Waals surface area contributed by atoms with E-state index in [1.165, 1.54) is 95.6 Å². The molecule has 0 bridgehead atoms. The van der Waals surface area contributed by atoms with Crippen LogP contribution in [-0.2, 0) is 5.41 Å². The van der Waals surface area contributed by atoms with Gasteiger partial charge in [-0.15, -0.1) is 22.7 Å². The number of rotatable bonds is 5. The minimum Gasteiger partial charge on any atom is -0.310 e. The molecule has 0 radical (unpaired) electrons. The molecule has 58 heavy (non-hydrogen) atoms. The summed E-state index contributed by atoms with van der Waals surface area (Å²) in [5.41, 5.74) is 13.8. The van der Waals surface area contributed by atoms with Crippen molar-refractivity contribution >= 4 is 90.9 Å². The Morgan fingerprint density at radius 2 is 0.948 bits per heavy atom. The Labute approximate surface area is 345 Å². The maximum Gasteiger partial charge on any atom is 0.0546 e. The lowest BCUT2D eigenvalue weighted by Gasteiger charge is -2.29. The van der Waals surface area contributed by atoms with Gasteiger partial charge in [0.05, 0.1) is 5.69 Å². The van der Waals surface area contributed by atoms with E-state index in [4.69, 9.17) is 0 Å². The standard InChI is InChI=1S/C55H37NS2/c1-55(2)47-16-8-5-13-41(47)42-27-21-36(32-48(42)55)34-19-24-38(25-20-34)56(39-26-30-53-46(33-39)44-15-7-10-18-51(44)58-53)49-28-22-35-11-3-4-12-40(35)54(49)37-23-29-52-45(31-37)43-14-6-9-17-50(43)57-52/h3-33H,1-2H3. The van der Waals surface area contributed by atoms with E-state index >= 15 is 0 Å². The smallest absolute Gasteiger partial charge is 0.0546 e.